The maximum Gasteiger partial charge on any atom is 0.269 e. The van der Waals surface area contributed by atoms with Gasteiger partial charge in [0.15, 0.2) is 11.9 Å². The molecule has 124 valence electrons. The molecule has 1 unspecified atom stereocenters. The summed E-state index contributed by atoms with van der Waals surface area (Å²) >= 11 is 5.86. The lowest BCUT2D eigenvalue weighted by molar-refractivity contribution is -0.127. The molecule has 3 rings (SSSR count). The second-order valence-electron chi connectivity index (χ2n) is 5.32. The predicted octanol–water partition coefficient (Wildman–Crippen LogP) is 2.88. The molecule has 1 aliphatic rings. The van der Waals surface area contributed by atoms with E-state index in [4.69, 9.17) is 16.3 Å². The van der Waals surface area contributed by atoms with Gasteiger partial charge in [0.25, 0.3) is 5.91 Å². The highest BCUT2D eigenvalue weighted by Gasteiger charge is 2.32. The molecule has 0 aliphatic carbocycles. The standard InChI is InChI=1S/C17H16ClN3O3/c1-2-14(24-12-7-5-11(18)6-8-12)17(23)21-10-15(22)20-13-4-3-9-19-16(13)21/h3-9,14H,2,10H2,1H3,(H,20,22). The Kier molecular flexibility index (Phi) is 4.66. The van der Waals surface area contributed by atoms with Gasteiger partial charge in [-0.1, -0.05) is 18.5 Å². The minimum Gasteiger partial charge on any atom is -0.481 e. The molecule has 2 amide bonds. The van der Waals surface area contributed by atoms with Gasteiger partial charge >= 0.3 is 0 Å². The zero-order valence-electron chi connectivity index (χ0n) is 13.0. The Morgan fingerprint density at radius 1 is 1.38 bits per heavy atom. The molecule has 1 aliphatic heterocycles. The number of carbonyl (C=O) groups excluding carboxylic acids is 2. The van der Waals surface area contributed by atoms with Crippen LogP contribution in [0.3, 0.4) is 0 Å². The lowest BCUT2D eigenvalue weighted by Crippen LogP contribution is -2.48. The van der Waals surface area contributed by atoms with Gasteiger partial charge in [-0.05, 0) is 42.8 Å². The summed E-state index contributed by atoms with van der Waals surface area (Å²) in [6, 6.07) is 10.2. The minimum atomic E-state index is -0.716. The number of nitrogens with zero attached hydrogens (tertiary/aromatic N) is 2. The van der Waals surface area contributed by atoms with Gasteiger partial charge in [-0.15, -0.1) is 0 Å². The van der Waals surface area contributed by atoms with Gasteiger partial charge < -0.3 is 10.1 Å². The summed E-state index contributed by atoms with van der Waals surface area (Å²) in [4.78, 5) is 30.3. The summed E-state index contributed by atoms with van der Waals surface area (Å²) in [5, 5.41) is 3.30. The predicted molar refractivity (Wildman–Crippen MR) is 91.4 cm³/mol. The molecule has 1 aromatic carbocycles. The molecule has 24 heavy (non-hydrogen) atoms. The molecule has 1 N–H and O–H groups in total. The summed E-state index contributed by atoms with van der Waals surface area (Å²) < 4.78 is 5.77. The summed E-state index contributed by atoms with van der Waals surface area (Å²) in [6.45, 7) is 1.77. The van der Waals surface area contributed by atoms with Gasteiger partial charge in [0.1, 0.15) is 12.3 Å². The Hall–Kier alpha value is -2.60. The van der Waals surface area contributed by atoms with E-state index in [2.05, 4.69) is 10.3 Å². The van der Waals surface area contributed by atoms with Crippen LogP contribution in [-0.2, 0) is 9.59 Å². The topological polar surface area (TPSA) is 71.5 Å². The summed E-state index contributed by atoms with van der Waals surface area (Å²) in [5.74, 6) is 0.412. The van der Waals surface area contributed by atoms with Crippen molar-refractivity contribution in [2.75, 3.05) is 16.8 Å². The largest absolute Gasteiger partial charge is 0.481 e. The van der Waals surface area contributed by atoms with Crippen LogP contribution in [-0.4, -0.2) is 29.4 Å². The Bertz CT molecular complexity index is 764. The molecule has 2 aromatic rings. The van der Waals surface area contributed by atoms with Crippen molar-refractivity contribution >= 4 is 34.9 Å². The van der Waals surface area contributed by atoms with E-state index >= 15 is 0 Å². The molecule has 0 spiro atoms. The Morgan fingerprint density at radius 3 is 2.83 bits per heavy atom. The zero-order valence-corrected chi connectivity index (χ0v) is 13.8. The molecule has 0 saturated heterocycles. The molecule has 0 radical (unpaired) electrons. The van der Waals surface area contributed by atoms with E-state index in [-0.39, 0.29) is 18.4 Å². The number of fused-ring (bicyclic) bond motifs is 1. The third-order valence-electron chi connectivity index (χ3n) is 3.62. The first-order chi connectivity index (χ1) is 11.6. The van der Waals surface area contributed by atoms with Crippen molar-refractivity contribution in [1.29, 1.82) is 0 Å². The van der Waals surface area contributed by atoms with Gasteiger partial charge in [-0.2, -0.15) is 0 Å². The Labute approximate surface area is 144 Å². The highest BCUT2D eigenvalue weighted by Crippen LogP contribution is 2.28. The maximum absolute atomic E-state index is 12.9. The first kappa shape index (κ1) is 16.3. The van der Waals surface area contributed by atoms with Crippen LogP contribution in [0.4, 0.5) is 11.5 Å². The van der Waals surface area contributed by atoms with Gasteiger partial charge in [0.2, 0.25) is 5.91 Å². The Balaban J connectivity index is 1.83. The number of aromatic nitrogens is 1. The average molecular weight is 346 g/mol. The number of ether oxygens (including phenoxy) is 1. The quantitative estimate of drug-likeness (QED) is 0.924. The number of nitrogens with one attached hydrogen (secondary N) is 1. The van der Waals surface area contributed by atoms with E-state index < -0.39 is 6.10 Å². The lowest BCUT2D eigenvalue weighted by Gasteiger charge is -2.30. The second-order valence-corrected chi connectivity index (χ2v) is 5.75. The first-order valence-corrected chi connectivity index (χ1v) is 7.94. The van der Waals surface area contributed by atoms with Crippen molar-refractivity contribution in [2.45, 2.75) is 19.4 Å². The van der Waals surface area contributed by atoms with E-state index in [0.717, 1.165) is 0 Å². The van der Waals surface area contributed by atoms with E-state index in [1.165, 1.54) is 4.90 Å². The minimum absolute atomic E-state index is 0.0800. The monoisotopic (exact) mass is 345 g/mol. The number of rotatable bonds is 4. The van der Waals surface area contributed by atoms with Crippen molar-refractivity contribution in [1.82, 2.24) is 4.98 Å². The number of halogens is 1. The third kappa shape index (κ3) is 3.33. The van der Waals surface area contributed by atoms with Crippen molar-refractivity contribution in [3.05, 3.63) is 47.6 Å². The van der Waals surface area contributed by atoms with Crippen LogP contribution >= 0.6 is 11.6 Å². The summed E-state index contributed by atoms with van der Waals surface area (Å²) in [7, 11) is 0. The van der Waals surface area contributed by atoms with Gasteiger partial charge in [-0.25, -0.2) is 4.98 Å². The van der Waals surface area contributed by atoms with Crippen molar-refractivity contribution in [3.8, 4) is 5.75 Å². The fourth-order valence-corrected chi connectivity index (χ4v) is 2.59. The molecule has 0 bridgehead atoms. The highest BCUT2D eigenvalue weighted by atomic mass is 35.5. The van der Waals surface area contributed by atoms with Crippen molar-refractivity contribution in [2.24, 2.45) is 0 Å². The first-order valence-electron chi connectivity index (χ1n) is 7.57. The molecule has 0 fully saturated rings. The average Bonchev–Trinajstić information content (AvgIpc) is 2.60. The van der Waals surface area contributed by atoms with E-state index in [1.807, 2.05) is 6.92 Å². The molecule has 6 nitrogen and oxygen atoms in total. The second kappa shape index (κ2) is 6.88. The highest BCUT2D eigenvalue weighted by molar-refractivity contribution is 6.30. The van der Waals surface area contributed by atoms with Gasteiger partial charge in [-0.3, -0.25) is 14.5 Å². The number of anilines is 2. The number of amides is 2. The number of hydrogen-bond acceptors (Lipinski definition) is 4. The van der Waals surface area contributed by atoms with E-state index in [9.17, 15) is 9.59 Å². The number of benzene rings is 1. The number of hydrogen-bond donors (Lipinski definition) is 1. The van der Waals surface area contributed by atoms with Crippen LogP contribution in [0.5, 0.6) is 5.75 Å². The molecule has 1 atom stereocenters. The van der Waals surface area contributed by atoms with Crippen LogP contribution < -0.4 is 15.0 Å². The fraction of sp³-hybridized carbons (Fsp3) is 0.235. The molecule has 2 heterocycles. The summed E-state index contributed by atoms with van der Waals surface area (Å²) in [6.07, 6.45) is 1.33. The number of carbonyl (C=O) groups is 2. The molecular formula is C17H16ClN3O3. The van der Waals surface area contributed by atoms with Crippen LogP contribution in [0.15, 0.2) is 42.6 Å². The van der Waals surface area contributed by atoms with Crippen molar-refractivity contribution < 1.29 is 14.3 Å². The van der Waals surface area contributed by atoms with Crippen LogP contribution in [0, 0.1) is 0 Å². The molecule has 7 heteroatoms. The Morgan fingerprint density at radius 2 is 2.12 bits per heavy atom. The van der Waals surface area contributed by atoms with Crippen LogP contribution in [0.2, 0.25) is 5.02 Å². The number of pyridine rings is 1. The SMILES string of the molecule is CCC(Oc1ccc(Cl)cc1)C(=O)N1CC(=O)Nc2cccnc21. The summed E-state index contributed by atoms with van der Waals surface area (Å²) in [5.41, 5.74) is 0.517. The normalized spacial score (nSPS) is 14.6. The smallest absolute Gasteiger partial charge is 0.269 e. The van der Waals surface area contributed by atoms with Crippen LogP contribution in [0.25, 0.3) is 0 Å². The van der Waals surface area contributed by atoms with Gasteiger partial charge in [0.05, 0.1) is 5.69 Å². The van der Waals surface area contributed by atoms with Gasteiger partial charge in [0, 0.05) is 11.2 Å². The van der Waals surface area contributed by atoms with Crippen LogP contribution in [0.1, 0.15) is 13.3 Å². The lowest BCUT2D eigenvalue weighted by atomic mass is 10.2. The molecular weight excluding hydrogens is 330 g/mol. The third-order valence-corrected chi connectivity index (χ3v) is 3.87. The molecule has 1 aromatic heterocycles. The maximum atomic E-state index is 12.9. The van der Waals surface area contributed by atoms with E-state index in [0.29, 0.717) is 28.7 Å². The van der Waals surface area contributed by atoms with E-state index in [1.54, 1.807) is 42.6 Å². The molecule has 0 saturated carbocycles. The van der Waals surface area contributed by atoms with Crippen molar-refractivity contribution in [3.63, 3.8) is 0 Å². The zero-order chi connectivity index (χ0) is 17.1. The fourth-order valence-electron chi connectivity index (χ4n) is 2.46.